The number of benzene rings is 6. The van der Waals surface area contributed by atoms with Gasteiger partial charge in [-0.25, -0.2) is 4.68 Å². The lowest BCUT2D eigenvalue weighted by Crippen LogP contribution is -2.39. The van der Waals surface area contributed by atoms with Gasteiger partial charge in [0.25, 0.3) is 0 Å². The van der Waals surface area contributed by atoms with Crippen LogP contribution in [0.1, 0.15) is 54.0 Å². The molecule has 6 aromatic carbocycles. The van der Waals surface area contributed by atoms with Crippen LogP contribution in [-0.2, 0) is 32.9 Å². The number of nitrogens with zero attached hydrogens (tertiary/aromatic N) is 4. The van der Waals surface area contributed by atoms with E-state index in [-0.39, 0.29) is 18.2 Å². The highest BCUT2D eigenvalue weighted by Crippen LogP contribution is 2.43. The summed E-state index contributed by atoms with van der Waals surface area (Å²) in [4.78, 5) is 26.8. The largest absolute Gasteiger partial charge is 0.369 e. The van der Waals surface area contributed by atoms with E-state index in [4.69, 9.17) is 15.0 Å². The highest BCUT2D eigenvalue weighted by molar-refractivity contribution is 6.03. The predicted molar refractivity (Wildman–Crippen MR) is 216 cm³/mol. The zero-order valence-corrected chi connectivity index (χ0v) is 31.0. The Morgan fingerprint density at radius 2 is 1.15 bits per heavy atom. The number of carbonyl (C=O) groups excluding carboxylic acids is 2. The molecule has 0 bridgehead atoms. The lowest BCUT2D eigenvalue weighted by Gasteiger charge is -2.36. The van der Waals surface area contributed by atoms with Gasteiger partial charge in [0, 0.05) is 12.0 Å². The van der Waals surface area contributed by atoms with Crippen LogP contribution in [0.25, 0.3) is 22.5 Å². The van der Waals surface area contributed by atoms with Gasteiger partial charge in [0.05, 0.1) is 12.5 Å². The van der Waals surface area contributed by atoms with Crippen LogP contribution in [0.4, 0.5) is 0 Å². The van der Waals surface area contributed by atoms with Crippen LogP contribution in [0, 0.1) is 5.92 Å². The van der Waals surface area contributed by atoms with E-state index in [9.17, 15) is 9.59 Å². The molecule has 0 aliphatic rings. The van der Waals surface area contributed by atoms with Crippen LogP contribution >= 0.6 is 0 Å². The number of hydrogen-bond donors (Lipinski definition) is 0. The van der Waals surface area contributed by atoms with Crippen molar-refractivity contribution in [3.63, 3.8) is 0 Å². The fourth-order valence-electron chi connectivity index (χ4n) is 7.35. The molecule has 0 N–H and O–H groups in total. The van der Waals surface area contributed by atoms with Crippen molar-refractivity contribution in [2.75, 3.05) is 6.61 Å². The molecule has 0 saturated heterocycles. The van der Waals surface area contributed by atoms with Crippen molar-refractivity contribution in [3.05, 3.63) is 198 Å². The molecule has 7 aromatic rings. The van der Waals surface area contributed by atoms with Crippen LogP contribution in [0.15, 0.2) is 170 Å². The normalized spacial score (nSPS) is 11.9. The van der Waals surface area contributed by atoms with Gasteiger partial charge in [0.1, 0.15) is 17.9 Å². The van der Waals surface area contributed by atoms with Gasteiger partial charge < -0.3 is 4.74 Å². The summed E-state index contributed by atoms with van der Waals surface area (Å²) in [6, 6.07) is 57.0. The van der Waals surface area contributed by atoms with Crippen LogP contribution < -0.4 is 0 Å². The number of aromatic nitrogens is 4. The summed E-state index contributed by atoms with van der Waals surface area (Å²) < 4.78 is 7.72. The molecular weight excluding hydrogens is 681 g/mol. The second-order valence-electron chi connectivity index (χ2n) is 13.7. The molecule has 7 heteroatoms. The number of Topliss-reactive ketones (excluding diaryl/α,β-unsaturated/α-hetero) is 2. The number of rotatable bonds is 17. The first kappa shape index (κ1) is 37.0. The fraction of sp³-hybridized carbons (Fsp3) is 0.188. The maximum Gasteiger partial charge on any atom is 0.184 e. The molecule has 0 fully saturated rings. The van der Waals surface area contributed by atoms with E-state index in [0.717, 1.165) is 57.3 Å². The van der Waals surface area contributed by atoms with Crippen LogP contribution in [0.2, 0.25) is 0 Å². The zero-order valence-electron chi connectivity index (χ0n) is 31.0. The smallest absolute Gasteiger partial charge is 0.184 e. The second-order valence-corrected chi connectivity index (χ2v) is 13.7. The van der Waals surface area contributed by atoms with Gasteiger partial charge in [-0.05, 0) is 62.2 Å². The minimum absolute atomic E-state index is 0.0323. The molecular formula is C48H44N4O3. The molecule has 0 spiro atoms. The minimum Gasteiger partial charge on any atom is -0.369 e. The Kier molecular flexibility index (Phi) is 11.9. The average molecular weight is 725 g/mol. The van der Waals surface area contributed by atoms with Gasteiger partial charge in [-0.3, -0.25) is 9.59 Å². The molecule has 1 heterocycles. The van der Waals surface area contributed by atoms with Crippen molar-refractivity contribution in [2.45, 2.75) is 44.8 Å². The van der Waals surface area contributed by atoms with Gasteiger partial charge >= 0.3 is 0 Å². The van der Waals surface area contributed by atoms with Crippen LogP contribution in [-0.4, -0.2) is 38.4 Å². The van der Waals surface area contributed by atoms with E-state index >= 15 is 0 Å². The van der Waals surface area contributed by atoms with Gasteiger partial charge in [-0.2, -0.15) is 0 Å². The van der Waals surface area contributed by atoms with E-state index in [1.165, 1.54) is 0 Å². The van der Waals surface area contributed by atoms with Crippen molar-refractivity contribution in [2.24, 2.45) is 5.92 Å². The van der Waals surface area contributed by atoms with Crippen molar-refractivity contribution < 1.29 is 14.3 Å². The molecule has 55 heavy (non-hydrogen) atoms. The Bertz CT molecular complexity index is 2190. The fourth-order valence-corrected chi connectivity index (χ4v) is 7.35. The highest BCUT2D eigenvalue weighted by Gasteiger charge is 2.42. The van der Waals surface area contributed by atoms with Gasteiger partial charge in [-0.1, -0.05) is 183 Å². The van der Waals surface area contributed by atoms with Crippen molar-refractivity contribution in [1.29, 1.82) is 0 Å². The first-order valence-corrected chi connectivity index (χ1v) is 18.9. The number of tetrazole rings is 1. The Morgan fingerprint density at radius 1 is 0.618 bits per heavy atom. The third-order valence-corrected chi connectivity index (χ3v) is 10.1. The van der Waals surface area contributed by atoms with Gasteiger partial charge in [-0.15, -0.1) is 5.10 Å². The van der Waals surface area contributed by atoms with Gasteiger partial charge in [0.2, 0.25) is 0 Å². The summed E-state index contributed by atoms with van der Waals surface area (Å²) in [7, 11) is 0. The maximum atomic E-state index is 13.5. The monoisotopic (exact) mass is 724 g/mol. The van der Waals surface area contributed by atoms with Crippen molar-refractivity contribution >= 4 is 11.6 Å². The molecule has 7 rings (SSSR count). The molecule has 0 aliphatic heterocycles. The Hall–Kier alpha value is -6.31. The van der Waals surface area contributed by atoms with Gasteiger partial charge in [0.15, 0.2) is 11.6 Å². The van der Waals surface area contributed by atoms with Crippen LogP contribution in [0.5, 0.6) is 0 Å². The number of hydrogen-bond acceptors (Lipinski definition) is 6. The molecule has 0 amide bonds. The molecule has 0 radical (unpaired) electrons. The quantitative estimate of drug-likeness (QED) is 0.0687. The van der Waals surface area contributed by atoms with Crippen molar-refractivity contribution in [1.82, 2.24) is 20.2 Å². The topological polar surface area (TPSA) is 87.0 Å². The Balaban J connectivity index is 1.22. The molecule has 7 nitrogen and oxygen atoms in total. The first-order valence-electron chi connectivity index (χ1n) is 18.9. The summed E-state index contributed by atoms with van der Waals surface area (Å²) in [5.74, 6) is -0.363. The molecule has 1 atom stereocenters. The number of ketones is 2. The summed E-state index contributed by atoms with van der Waals surface area (Å²) in [6.07, 6.45) is 2.34. The van der Waals surface area contributed by atoms with E-state index in [0.29, 0.717) is 25.3 Å². The molecule has 274 valence electrons. The Morgan fingerprint density at radius 3 is 1.71 bits per heavy atom. The van der Waals surface area contributed by atoms with Crippen LogP contribution in [0.3, 0.4) is 0 Å². The maximum absolute atomic E-state index is 13.5. The number of unbranched alkanes of at least 4 members (excludes halogenated alkanes) is 1. The SMILES string of the molecule is CCCCC(=O)C(Cc1ccc(-c2ccccc2-c2nnnn2C(c2ccccc2)(c2ccccc2)c2ccccc2)cc1)C(=O)COCc1ccccc1. The summed E-state index contributed by atoms with van der Waals surface area (Å²) in [6.45, 7) is 2.27. The number of carbonyl (C=O) groups is 2. The summed E-state index contributed by atoms with van der Waals surface area (Å²) in [5, 5.41) is 13.7. The first-order chi connectivity index (χ1) is 27.1. The van der Waals surface area contributed by atoms with E-state index in [1.54, 1.807) is 0 Å². The van der Waals surface area contributed by atoms with Crippen molar-refractivity contribution in [3.8, 4) is 22.5 Å². The molecule has 0 saturated carbocycles. The lowest BCUT2D eigenvalue weighted by molar-refractivity contribution is -0.135. The molecule has 0 aliphatic carbocycles. The Labute approximate surface area is 322 Å². The zero-order chi connectivity index (χ0) is 37.9. The average Bonchev–Trinajstić information content (AvgIpc) is 3.74. The summed E-state index contributed by atoms with van der Waals surface area (Å²) in [5.41, 5.74) is 6.84. The summed E-state index contributed by atoms with van der Waals surface area (Å²) >= 11 is 0. The number of ether oxygens (including phenoxy) is 1. The van der Waals surface area contributed by atoms with E-state index in [1.807, 2.05) is 139 Å². The van der Waals surface area contributed by atoms with E-state index in [2.05, 4.69) is 47.7 Å². The molecule has 1 unspecified atom stereocenters. The van der Waals surface area contributed by atoms with E-state index < -0.39 is 11.5 Å². The predicted octanol–water partition coefficient (Wildman–Crippen LogP) is 9.55. The highest BCUT2D eigenvalue weighted by atomic mass is 16.5. The third-order valence-electron chi connectivity index (χ3n) is 10.1. The molecule has 1 aromatic heterocycles. The standard InChI is InChI=1S/C48H44N4O3/c1-2-3-28-45(53)44(46(54)35-55-34-37-18-8-4-9-19-37)33-36-29-31-38(32-30-36)42-26-16-17-27-43(42)47-49-50-51-52(47)48(39-20-10-5-11-21-39,40-22-12-6-13-23-40)41-24-14-7-15-25-41/h4-27,29-32,44H,2-3,28,33-35H2,1H3. The second kappa shape index (κ2) is 17.7. The lowest BCUT2D eigenvalue weighted by atomic mass is 9.77. The minimum atomic E-state index is -0.893. The third kappa shape index (κ3) is 8.13.